The second-order valence-corrected chi connectivity index (χ2v) is 10.5. The lowest BCUT2D eigenvalue weighted by atomic mass is 9.96. The van der Waals surface area contributed by atoms with E-state index in [0.29, 0.717) is 36.2 Å². The Balaban J connectivity index is 1.67. The summed E-state index contributed by atoms with van der Waals surface area (Å²) in [6.07, 6.45) is 3.48. The number of nitrogens with zero attached hydrogens (tertiary/aromatic N) is 3. The van der Waals surface area contributed by atoms with Crippen molar-refractivity contribution in [3.05, 3.63) is 62.9 Å². The molecule has 4 rings (SSSR count). The third-order valence-corrected chi connectivity index (χ3v) is 6.46. The summed E-state index contributed by atoms with van der Waals surface area (Å²) in [7, 11) is 0. The molecule has 2 heterocycles. The molecule has 5 nitrogen and oxygen atoms in total. The average molecular weight is 525 g/mol. The number of hydrogen-bond acceptors (Lipinski definition) is 4. The number of hydrogen-bond donors (Lipinski definition) is 0. The van der Waals surface area contributed by atoms with Crippen molar-refractivity contribution < 1.29 is 9.53 Å². The Morgan fingerprint density at radius 1 is 1.13 bits per heavy atom. The Kier molecular flexibility index (Phi) is 6.37. The Bertz CT molecular complexity index is 1040. The molecule has 1 fully saturated rings. The van der Waals surface area contributed by atoms with Crippen LogP contribution in [-0.4, -0.2) is 52.7 Å². The third kappa shape index (κ3) is 4.92. The number of amides is 1. The summed E-state index contributed by atoms with van der Waals surface area (Å²) in [6, 6.07) is 7.79. The van der Waals surface area contributed by atoms with Gasteiger partial charge < -0.3 is 9.64 Å². The van der Waals surface area contributed by atoms with E-state index in [2.05, 4.69) is 33.0 Å². The summed E-state index contributed by atoms with van der Waals surface area (Å²) >= 11 is 16.3. The van der Waals surface area contributed by atoms with E-state index in [9.17, 15) is 4.79 Å². The van der Waals surface area contributed by atoms with E-state index in [-0.39, 0.29) is 12.1 Å². The van der Waals surface area contributed by atoms with E-state index < -0.39 is 5.60 Å². The maximum Gasteiger partial charge on any atom is 0.410 e. The van der Waals surface area contributed by atoms with Crippen LogP contribution in [-0.2, 0) is 4.74 Å². The van der Waals surface area contributed by atoms with E-state index in [1.807, 2.05) is 39.0 Å². The molecule has 0 N–H and O–H groups in total. The molecule has 1 unspecified atom stereocenters. The van der Waals surface area contributed by atoms with Crippen molar-refractivity contribution in [2.75, 3.05) is 26.2 Å². The first-order valence-electron chi connectivity index (χ1n) is 10.2. The molecular formula is C23H24BrCl2N3O2. The fraction of sp³-hybridized carbons (Fsp3) is 0.391. The summed E-state index contributed by atoms with van der Waals surface area (Å²) in [5.41, 5.74) is 3.54. The zero-order chi connectivity index (χ0) is 22.3. The van der Waals surface area contributed by atoms with Crippen LogP contribution in [0, 0.1) is 0 Å². The van der Waals surface area contributed by atoms with Gasteiger partial charge >= 0.3 is 6.09 Å². The number of pyridine rings is 1. The van der Waals surface area contributed by atoms with Gasteiger partial charge in [-0.2, -0.15) is 0 Å². The second kappa shape index (κ2) is 8.74. The summed E-state index contributed by atoms with van der Waals surface area (Å²) in [6.45, 7) is 8.23. The third-order valence-electron chi connectivity index (χ3n) is 5.36. The Labute approximate surface area is 201 Å². The van der Waals surface area contributed by atoms with Crippen LogP contribution in [0.3, 0.4) is 0 Å². The van der Waals surface area contributed by atoms with Gasteiger partial charge in [-0.15, -0.1) is 0 Å². The predicted molar refractivity (Wildman–Crippen MR) is 129 cm³/mol. The van der Waals surface area contributed by atoms with Crippen LogP contribution >= 0.6 is 39.1 Å². The van der Waals surface area contributed by atoms with Gasteiger partial charge in [0.05, 0.1) is 16.8 Å². The van der Waals surface area contributed by atoms with Gasteiger partial charge in [-0.3, -0.25) is 9.88 Å². The molecule has 0 spiro atoms. The molecule has 1 aliphatic heterocycles. The highest BCUT2D eigenvalue weighted by Gasteiger charge is 2.34. The van der Waals surface area contributed by atoms with Crippen LogP contribution in [0.1, 0.15) is 49.2 Å². The number of fused-ring (bicyclic) bond motifs is 2. The molecule has 1 atom stereocenters. The quantitative estimate of drug-likeness (QED) is 0.443. The standard InChI is InChI=1S/C23H24BrCl2N3O2/c1-23(2,3)31-22(30)29-8-6-28(7-9-29)21-17-5-4-15(25)10-14(17)11-19(24)18-12-16(26)13-27-20(18)21/h4-5,10-13,21H,6-9H2,1-3H3. The summed E-state index contributed by atoms with van der Waals surface area (Å²) in [5.74, 6) is 0. The van der Waals surface area contributed by atoms with Gasteiger partial charge in [0.2, 0.25) is 0 Å². The minimum Gasteiger partial charge on any atom is -0.444 e. The molecule has 2 aromatic rings. The molecule has 0 bridgehead atoms. The van der Waals surface area contributed by atoms with E-state index >= 15 is 0 Å². The number of carbonyl (C=O) groups excluding carboxylic acids is 1. The average Bonchev–Trinajstić information content (AvgIpc) is 2.80. The fourth-order valence-electron chi connectivity index (χ4n) is 4.00. The first-order valence-corrected chi connectivity index (χ1v) is 11.7. The molecule has 1 saturated heterocycles. The van der Waals surface area contributed by atoms with Crippen LogP contribution in [0.25, 0.3) is 10.6 Å². The van der Waals surface area contributed by atoms with Crippen LogP contribution in [0.4, 0.5) is 4.79 Å². The Hall–Kier alpha value is -1.60. The molecule has 1 amide bonds. The predicted octanol–water partition coefficient (Wildman–Crippen LogP) is 6.24. The molecule has 8 heteroatoms. The van der Waals surface area contributed by atoms with E-state index in [1.54, 1.807) is 11.1 Å². The van der Waals surface area contributed by atoms with Gasteiger partial charge in [0.1, 0.15) is 5.60 Å². The van der Waals surface area contributed by atoms with Crippen molar-refractivity contribution in [2.24, 2.45) is 0 Å². The number of rotatable bonds is 1. The highest BCUT2D eigenvalue weighted by molar-refractivity contribution is 9.15. The largest absolute Gasteiger partial charge is 0.444 e. The smallest absolute Gasteiger partial charge is 0.410 e. The highest BCUT2D eigenvalue weighted by atomic mass is 79.9. The molecule has 31 heavy (non-hydrogen) atoms. The van der Waals surface area contributed by atoms with Crippen LogP contribution in [0.15, 0.2) is 30.5 Å². The second-order valence-electron chi connectivity index (χ2n) is 8.76. The lowest BCUT2D eigenvalue weighted by molar-refractivity contribution is 0.0118. The zero-order valence-electron chi connectivity index (χ0n) is 17.7. The number of halogens is 3. The van der Waals surface area contributed by atoms with Crippen LogP contribution < -0.4 is 0 Å². The molecule has 1 aliphatic carbocycles. The van der Waals surface area contributed by atoms with Crippen molar-refractivity contribution in [1.29, 1.82) is 0 Å². The lowest BCUT2D eigenvalue weighted by Gasteiger charge is -2.40. The van der Waals surface area contributed by atoms with Gasteiger partial charge in [-0.1, -0.05) is 45.2 Å². The minimum atomic E-state index is -0.506. The minimum absolute atomic E-state index is 0.0772. The van der Waals surface area contributed by atoms with Gasteiger partial charge in [0.25, 0.3) is 0 Å². The Morgan fingerprint density at radius 3 is 2.52 bits per heavy atom. The van der Waals surface area contributed by atoms with E-state index in [0.717, 1.165) is 26.9 Å². The molecule has 164 valence electrons. The molecular weight excluding hydrogens is 501 g/mol. The highest BCUT2D eigenvalue weighted by Crippen LogP contribution is 2.42. The van der Waals surface area contributed by atoms with Crippen molar-refractivity contribution in [1.82, 2.24) is 14.8 Å². The summed E-state index contributed by atoms with van der Waals surface area (Å²) < 4.78 is 6.46. The monoisotopic (exact) mass is 523 g/mol. The molecule has 0 radical (unpaired) electrons. The Morgan fingerprint density at radius 2 is 1.84 bits per heavy atom. The maximum atomic E-state index is 12.5. The molecule has 2 aliphatic rings. The fourth-order valence-corrected chi connectivity index (χ4v) is 4.90. The van der Waals surface area contributed by atoms with Crippen molar-refractivity contribution in [3.8, 4) is 0 Å². The maximum absolute atomic E-state index is 12.5. The number of benzene rings is 1. The van der Waals surface area contributed by atoms with E-state index in [1.165, 1.54) is 0 Å². The van der Waals surface area contributed by atoms with Gasteiger partial charge in [-0.05, 0) is 56.2 Å². The van der Waals surface area contributed by atoms with Gasteiger partial charge in [-0.25, -0.2) is 4.79 Å². The number of ether oxygens (including phenoxy) is 1. The van der Waals surface area contributed by atoms with E-state index in [4.69, 9.17) is 32.9 Å². The first kappa shape index (κ1) is 22.6. The normalized spacial score (nSPS) is 19.2. The number of aromatic nitrogens is 1. The van der Waals surface area contributed by atoms with Crippen LogP contribution in [0.2, 0.25) is 10.0 Å². The molecule has 1 aromatic heterocycles. The number of carbonyl (C=O) groups is 1. The van der Waals surface area contributed by atoms with Gasteiger partial charge in [0.15, 0.2) is 0 Å². The molecule has 0 saturated carbocycles. The van der Waals surface area contributed by atoms with Crippen molar-refractivity contribution >= 4 is 55.8 Å². The molecule has 1 aromatic carbocycles. The SMILES string of the molecule is CC(C)(C)OC(=O)N1CCN(C2c3ccc(Cl)cc3C=C(Br)c3cc(Cl)cnc32)CC1. The van der Waals surface area contributed by atoms with Crippen LogP contribution in [0.5, 0.6) is 0 Å². The topological polar surface area (TPSA) is 45.7 Å². The van der Waals surface area contributed by atoms with Crippen molar-refractivity contribution in [2.45, 2.75) is 32.4 Å². The lowest BCUT2D eigenvalue weighted by Crippen LogP contribution is -2.51. The zero-order valence-corrected chi connectivity index (χ0v) is 20.8. The summed E-state index contributed by atoms with van der Waals surface area (Å²) in [5, 5.41) is 1.27. The van der Waals surface area contributed by atoms with Crippen molar-refractivity contribution in [3.63, 3.8) is 0 Å². The number of piperazine rings is 1. The summed E-state index contributed by atoms with van der Waals surface area (Å²) in [4.78, 5) is 21.3. The van der Waals surface area contributed by atoms with Gasteiger partial charge in [0, 0.05) is 47.4 Å². The first-order chi connectivity index (χ1) is 14.6.